The van der Waals surface area contributed by atoms with Gasteiger partial charge >= 0.3 is 5.97 Å². The van der Waals surface area contributed by atoms with Crippen LogP contribution in [0, 0.1) is 17.5 Å². The summed E-state index contributed by atoms with van der Waals surface area (Å²) in [5.41, 5.74) is 2.08. The summed E-state index contributed by atoms with van der Waals surface area (Å²) in [6.45, 7) is 5.96. The molecule has 2 saturated heterocycles. The first-order chi connectivity index (χ1) is 19.2. The maximum Gasteiger partial charge on any atom is 0.306 e. The lowest BCUT2D eigenvalue weighted by Crippen LogP contribution is -2.49. The fraction of sp³-hybridized carbons (Fsp3) is 0.433. The summed E-state index contributed by atoms with van der Waals surface area (Å²) in [5.74, 6) is -1.55. The second-order valence-electron chi connectivity index (χ2n) is 10.7. The Labute approximate surface area is 231 Å². The van der Waals surface area contributed by atoms with Crippen molar-refractivity contribution in [3.05, 3.63) is 71.3 Å². The number of benzene rings is 2. The van der Waals surface area contributed by atoms with Crippen LogP contribution in [0.25, 0.3) is 11.4 Å². The number of piperazine rings is 1. The van der Waals surface area contributed by atoms with Crippen molar-refractivity contribution >= 4 is 17.6 Å². The van der Waals surface area contributed by atoms with Gasteiger partial charge < -0.3 is 19.1 Å². The third kappa shape index (κ3) is 5.85. The number of halogens is 3. The zero-order valence-electron chi connectivity index (χ0n) is 22.7. The number of ether oxygens (including phenoxy) is 1. The second kappa shape index (κ2) is 11.7. The first kappa shape index (κ1) is 27.7. The molecule has 1 atom stereocenters. The summed E-state index contributed by atoms with van der Waals surface area (Å²) in [6, 6.07) is 9.51. The number of carbonyl (C=O) groups is 2. The Morgan fingerprint density at radius 2 is 1.73 bits per heavy atom. The Bertz CT molecular complexity index is 1380. The zero-order valence-corrected chi connectivity index (χ0v) is 22.7. The minimum absolute atomic E-state index is 0.0517. The van der Waals surface area contributed by atoms with Crippen molar-refractivity contribution in [2.75, 3.05) is 31.1 Å². The summed E-state index contributed by atoms with van der Waals surface area (Å²) in [4.78, 5) is 34.0. The van der Waals surface area contributed by atoms with Crippen LogP contribution in [-0.4, -0.2) is 58.6 Å². The highest BCUT2D eigenvalue weighted by Crippen LogP contribution is 2.31. The number of nitrogens with zero attached hydrogens (tertiary/aromatic N) is 4. The Balaban J connectivity index is 1.42. The highest BCUT2D eigenvalue weighted by atomic mass is 19.1. The van der Waals surface area contributed by atoms with Gasteiger partial charge in [0.05, 0.1) is 11.4 Å². The van der Waals surface area contributed by atoms with Crippen LogP contribution in [0.3, 0.4) is 0 Å². The first-order valence-corrected chi connectivity index (χ1v) is 13.8. The van der Waals surface area contributed by atoms with E-state index in [4.69, 9.17) is 9.72 Å². The number of cyclic esters (lactones) is 1. The van der Waals surface area contributed by atoms with E-state index in [2.05, 4.69) is 0 Å². The molecule has 3 aromatic rings. The molecule has 212 valence electrons. The lowest BCUT2D eigenvalue weighted by molar-refractivity contribution is -0.154. The molecule has 0 saturated carbocycles. The first-order valence-electron chi connectivity index (χ1n) is 13.8. The van der Waals surface area contributed by atoms with E-state index in [0.29, 0.717) is 68.3 Å². The number of esters is 1. The quantitative estimate of drug-likeness (QED) is 0.359. The Kier molecular flexibility index (Phi) is 8.14. The molecule has 0 bridgehead atoms. The third-order valence-electron chi connectivity index (χ3n) is 7.56. The van der Waals surface area contributed by atoms with Crippen LogP contribution in [0.2, 0.25) is 0 Å². The highest BCUT2D eigenvalue weighted by Gasteiger charge is 2.31. The van der Waals surface area contributed by atoms with E-state index in [-0.39, 0.29) is 29.7 Å². The van der Waals surface area contributed by atoms with E-state index in [1.54, 1.807) is 21.9 Å². The molecule has 1 aromatic heterocycles. The molecule has 0 N–H and O–H groups in total. The highest BCUT2D eigenvalue weighted by molar-refractivity contribution is 5.94. The molecule has 0 aliphatic carbocycles. The summed E-state index contributed by atoms with van der Waals surface area (Å²) in [7, 11) is 0. The number of rotatable bonds is 7. The van der Waals surface area contributed by atoms with Crippen molar-refractivity contribution < 1.29 is 27.5 Å². The molecule has 2 aliphatic heterocycles. The maximum absolute atomic E-state index is 14.3. The van der Waals surface area contributed by atoms with Crippen LogP contribution in [0.15, 0.2) is 42.5 Å². The SMILES string of the molecule is CC(C)c1c(C(=O)N2CCN(c3ccc(F)cc3F)CC2)nc(-c2ccc(F)cc2)n1CCC1CCCC(=O)O1. The smallest absolute Gasteiger partial charge is 0.306 e. The van der Waals surface area contributed by atoms with E-state index in [1.165, 1.54) is 24.3 Å². The minimum atomic E-state index is -0.634. The van der Waals surface area contributed by atoms with Crippen LogP contribution in [-0.2, 0) is 16.1 Å². The van der Waals surface area contributed by atoms with Crippen LogP contribution < -0.4 is 4.90 Å². The second-order valence-corrected chi connectivity index (χ2v) is 10.7. The van der Waals surface area contributed by atoms with Crippen LogP contribution in [0.5, 0.6) is 0 Å². The van der Waals surface area contributed by atoms with Crippen molar-refractivity contribution in [2.45, 2.75) is 58.1 Å². The molecule has 10 heteroatoms. The van der Waals surface area contributed by atoms with E-state index >= 15 is 0 Å². The topological polar surface area (TPSA) is 67.7 Å². The van der Waals surface area contributed by atoms with Gasteiger partial charge in [-0.3, -0.25) is 9.59 Å². The predicted octanol–water partition coefficient (Wildman–Crippen LogP) is 5.54. The molecule has 2 fully saturated rings. The molecule has 7 nitrogen and oxygen atoms in total. The molecule has 1 unspecified atom stereocenters. The number of imidazole rings is 1. The van der Waals surface area contributed by atoms with E-state index in [1.807, 2.05) is 18.4 Å². The molecular weight excluding hydrogens is 521 g/mol. The molecule has 2 aromatic carbocycles. The average Bonchev–Trinajstić information content (AvgIpc) is 3.32. The third-order valence-corrected chi connectivity index (χ3v) is 7.56. The number of hydrogen-bond acceptors (Lipinski definition) is 5. The number of aromatic nitrogens is 2. The predicted molar refractivity (Wildman–Crippen MR) is 145 cm³/mol. The van der Waals surface area contributed by atoms with Gasteiger partial charge in [0.25, 0.3) is 5.91 Å². The van der Waals surface area contributed by atoms with Gasteiger partial charge in [0, 0.05) is 57.2 Å². The fourth-order valence-electron chi connectivity index (χ4n) is 5.55. The van der Waals surface area contributed by atoms with Gasteiger partial charge in [-0.25, -0.2) is 18.2 Å². The van der Waals surface area contributed by atoms with Crippen LogP contribution >= 0.6 is 0 Å². The van der Waals surface area contributed by atoms with Crippen LogP contribution in [0.4, 0.5) is 18.9 Å². The van der Waals surface area contributed by atoms with Gasteiger partial charge in [-0.05, 0) is 55.2 Å². The molecule has 5 rings (SSSR count). The Morgan fingerprint density at radius 1 is 1.02 bits per heavy atom. The summed E-state index contributed by atoms with van der Waals surface area (Å²) in [5, 5.41) is 0. The molecular formula is C30H33F3N4O3. The number of anilines is 1. The fourth-order valence-corrected chi connectivity index (χ4v) is 5.55. The van der Waals surface area contributed by atoms with Gasteiger partial charge in [0.2, 0.25) is 0 Å². The van der Waals surface area contributed by atoms with E-state index < -0.39 is 11.6 Å². The number of hydrogen-bond donors (Lipinski definition) is 0. The van der Waals surface area contributed by atoms with Gasteiger partial charge in [0.1, 0.15) is 29.4 Å². The standard InChI is InChI=1S/C30H33F3N4O3/c1-19(2)28-27(30(39)36-16-14-35(15-17-36)25-11-10-22(32)18-24(25)33)34-29(20-6-8-21(31)9-7-20)37(28)13-12-23-4-3-5-26(38)40-23/h6-11,18-19,23H,3-5,12-17H2,1-2H3. The molecule has 40 heavy (non-hydrogen) atoms. The van der Waals surface area contributed by atoms with Gasteiger partial charge in [0.15, 0.2) is 5.69 Å². The average molecular weight is 555 g/mol. The molecule has 0 spiro atoms. The van der Waals surface area contributed by atoms with E-state index in [0.717, 1.165) is 24.6 Å². The van der Waals surface area contributed by atoms with Gasteiger partial charge in [-0.15, -0.1) is 0 Å². The Morgan fingerprint density at radius 3 is 2.38 bits per heavy atom. The van der Waals surface area contributed by atoms with Crippen molar-refractivity contribution in [1.29, 1.82) is 0 Å². The van der Waals surface area contributed by atoms with Crippen molar-refractivity contribution in [3.8, 4) is 11.4 Å². The largest absolute Gasteiger partial charge is 0.462 e. The monoisotopic (exact) mass is 554 g/mol. The lowest BCUT2D eigenvalue weighted by Gasteiger charge is -2.36. The molecule has 3 heterocycles. The number of carbonyl (C=O) groups excluding carboxylic acids is 2. The lowest BCUT2D eigenvalue weighted by atomic mass is 10.0. The van der Waals surface area contributed by atoms with Crippen molar-refractivity contribution in [2.24, 2.45) is 0 Å². The number of amides is 1. The zero-order chi connectivity index (χ0) is 28.4. The summed E-state index contributed by atoms with van der Waals surface area (Å²) >= 11 is 0. The van der Waals surface area contributed by atoms with Crippen molar-refractivity contribution in [1.82, 2.24) is 14.5 Å². The van der Waals surface area contributed by atoms with E-state index in [9.17, 15) is 22.8 Å². The Hall–Kier alpha value is -3.82. The molecule has 1 amide bonds. The summed E-state index contributed by atoms with van der Waals surface area (Å²) in [6.07, 6.45) is 2.37. The molecule has 2 aliphatic rings. The van der Waals surface area contributed by atoms with Crippen LogP contribution in [0.1, 0.15) is 61.6 Å². The summed E-state index contributed by atoms with van der Waals surface area (Å²) < 4.78 is 49.0. The minimum Gasteiger partial charge on any atom is -0.462 e. The van der Waals surface area contributed by atoms with Crippen molar-refractivity contribution in [3.63, 3.8) is 0 Å². The van der Waals surface area contributed by atoms with Gasteiger partial charge in [-0.1, -0.05) is 13.8 Å². The normalized spacial score (nSPS) is 17.9. The van der Waals surface area contributed by atoms with Gasteiger partial charge in [-0.2, -0.15) is 0 Å². The molecule has 0 radical (unpaired) electrons. The maximum atomic E-state index is 14.3.